The van der Waals surface area contributed by atoms with Gasteiger partial charge in [0.25, 0.3) is 0 Å². The number of thiocarbonyl (C=S) groups is 1. The molecule has 0 aliphatic carbocycles. The second kappa shape index (κ2) is 10.8. The van der Waals surface area contributed by atoms with E-state index in [0.717, 1.165) is 55.4 Å². The average Bonchev–Trinajstić information content (AvgIpc) is 3.06. The molecule has 180 valence electrons. The van der Waals surface area contributed by atoms with Gasteiger partial charge in [-0.2, -0.15) is 5.10 Å². The second-order valence-corrected chi connectivity index (χ2v) is 9.95. The Hall–Kier alpha value is -1.90. The molecule has 0 saturated carbocycles. The molecule has 4 rings (SSSR count). The van der Waals surface area contributed by atoms with E-state index >= 15 is 0 Å². The number of nitrogens with zero attached hydrogens (tertiary/aromatic N) is 4. The molecule has 0 amide bonds. The fourth-order valence-electron chi connectivity index (χ4n) is 4.06. The first kappa shape index (κ1) is 25.2. The molecule has 1 saturated heterocycles. The Bertz CT molecular complexity index is 1190. The number of rotatable bonds is 5. The summed E-state index contributed by atoms with van der Waals surface area (Å²) in [5.41, 5.74) is 4.07. The lowest BCUT2D eigenvalue weighted by Crippen LogP contribution is -2.49. The topological polar surface area (TPSA) is 36.3 Å². The van der Waals surface area contributed by atoms with Gasteiger partial charge in [-0.15, -0.1) is 0 Å². The number of hydrogen-bond acceptors (Lipinski definition) is 3. The maximum atomic E-state index is 14.2. The van der Waals surface area contributed by atoms with Crippen LogP contribution in [0, 0.1) is 19.7 Å². The van der Waals surface area contributed by atoms with Crippen molar-refractivity contribution in [3.63, 3.8) is 0 Å². The molecular formula is C24H25Cl3FN5S. The quantitative estimate of drug-likeness (QED) is 0.392. The first-order valence-electron chi connectivity index (χ1n) is 10.9. The van der Waals surface area contributed by atoms with Crippen molar-refractivity contribution in [2.75, 3.05) is 31.5 Å². The minimum atomic E-state index is -0.344. The smallest absolute Gasteiger partial charge is 0.173 e. The summed E-state index contributed by atoms with van der Waals surface area (Å²) in [7, 11) is 0. The Morgan fingerprint density at radius 2 is 1.74 bits per heavy atom. The minimum absolute atomic E-state index is 0.250. The molecule has 2 aromatic carbocycles. The van der Waals surface area contributed by atoms with E-state index in [2.05, 4.69) is 20.2 Å². The molecule has 1 aliphatic heterocycles. The number of aryl methyl sites for hydroxylation is 1. The van der Waals surface area contributed by atoms with Crippen molar-refractivity contribution in [1.29, 1.82) is 0 Å². The molecule has 5 nitrogen and oxygen atoms in total. The lowest BCUT2D eigenvalue weighted by atomic mass is 10.2. The van der Waals surface area contributed by atoms with E-state index in [0.29, 0.717) is 25.7 Å². The van der Waals surface area contributed by atoms with Crippen LogP contribution in [0.5, 0.6) is 0 Å². The number of anilines is 1. The van der Waals surface area contributed by atoms with Crippen LogP contribution in [0.3, 0.4) is 0 Å². The van der Waals surface area contributed by atoms with E-state index in [1.807, 2.05) is 32.0 Å². The van der Waals surface area contributed by atoms with Crippen molar-refractivity contribution >= 4 is 57.8 Å². The van der Waals surface area contributed by atoms with E-state index in [9.17, 15) is 4.39 Å². The molecular weight excluding hydrogens is 516 g/mol. The largest absolute Gasteiger partial charge is 0.346 e. The van der Waals surface area contributed by atoms with E-state index < -0.39 is 0 Å². The van der Waals surface area contributed by atoms with Crippen molar-refractivity contribution in [3.05, 3.63) is 79.8 Å². The van der Waals surface area contributed by atoms with Crippen LogP contribution in [0.1, 0.15) is 22.5 Å². The van der Waals surface area contributed by atoms with Gasteiger partial charge >= 0.3 is 0 Å². The van der Waals surface area contributed by atoms with Gasteiger partial charge < -0.3 is 10.2 Å². The standard InChI is InChI=1S/C24H25Cl3FN5S/c1-15-23(16(2)33(30-15)14-18-19(25)4-3-5-22(18)28)29-24(34)32-10-8-31(9-11-32)13-17-6-7-20(26)21(27)12-17/h3-7,12H,8-11,13-14H2,1-2H3,(H,29,34). The van der Waals surface area contributed by atoms with Gasteiger partial charge in [0.05, 0.1) is 33.7 Å². The first-order valence-corrected chi connectivity index (χ1v) is 12.5. The molecule has 3 aromatic rings. The molecule has 34 heavy (non-hydrogen) atoms. The Balaban J connectivity index is 1.36. The highest BCUT2D eigenvalue weighted by molar-refractivity contribution is 7.80. The van der Waals surface area contributed by atoms with E-state index in [1.165, 1.54) is 6.07 Å². The molecule has 0 radical (unpaired) electrons. The highest BCUT2D eigenvalue weighted by Gasteiger charge is 2.22. The molecule has 1 N–H and O–H groups in total. The molecule has 2 heterocycles. The average molecular weight is 541 g/mol. The van der Waals surface area contributed by atoms with Gasteiger partial charge in [-0.05, 0) is 55.9 Å². The van der Waals surface area contributed by atoms with Crippen LogP contribution in [0.15, 0.2) is 36.4 Å². The number of benzene rings is 2. The zero-order chi connectivity index (χ0) is 24.4. The van der Waals surface area contributed by atoms with E-state index in [-0.39, 0.29) is 12.4 Å². The van der Waals surface area contributed by atoms with Gasteiger partial charge in [-0.25, -0.2) is 4.39 Å². The van der Waals surface area contributed by atoms with Crippen LogP contribution in [-0.4, -0.2) is 50.9 Å². The monoisotopic (exact) mass is 539 g/mol. The summed E-state index contributed by atoms with van der Waals surface area (Å²) in [5.74, 6) is -0.344. The number of aromatic nitrogens is 2. The molecule has 1 fully saturated rings. The summed E-state index contributed by atoms with van der Waals surface area (Å²) in [6.07, 6.45) is 0. The third kappa shape index (κ3) is 5.66. The number of hydrogen-bond donors (Lipinski definition) is 1. The lowest BCUT2D eigenvalue weighted by molar-refractivity contribution is 0.177. The zero-order valence-electron chi connectivity index (χ0n) is 18.9. The first-order chi connectivity index (χ1) is 16.2. The predicted molar refractivity (Wildman–Crippen MR) is 142 cm³/mol. The minimum Gasteiger partial charge on any atom is -0.346 e. The Kier molecular flexibility index (Phi) is 8.00. The zero-order valence-corrected chi connectivity index (χ0v) is 22.0. The van der Waals surface area contributed by atoms with Crippen LogP contribution in [0.4, 0.5) is 10.1 Å². The Morgan fingerprint density at radius 3 is 2.41 bits per heavy atom. The van der Waals surface area contributed by atoms with Crippen molar-refractivity contribution in [3.8, 4) is 0 Å². The molecule has 0 unspecified atom stereocenters. The van der Waals surface area contributed by atoms with Gasteiger partial charge in [0.15, 0.2) is 5.11 Å². The SMILES string of the molecule is Cc1nn(Cc2c(F)cccc2Cl)c(C)c1NC(=S)N1CCN(Cc2ccc(Cl)c(Cl)c2)CC1. The van der Waals surface area contributed by atoms with Crippen molar-refractivity contribution < 1.29 is 4.39 Å². The highest BCUT2D eigenvalue weighted by Crippen LogP contribution is 2.26. The van der Waals surface area contributed by atoms with Gasteiger partial charge in [0.2, 0.25) is 0 Å². The summed E-state index contributed by atoms with van der Waals surface area (Å²) in [4.78, 5) is 4.52. The van der Waals surface area contributed by atoms with Gasteiger partial charge in [-0.3, -0.25) is 9.58 Å². The lowest BCUT2D eigenvalue weighted by Gasteiger charge is -2.36. The van der Waals surface area contributed by atoms with E-state index in [1.54, 1.807) is 16.8 Å². The molecule has 0 bridgehead atoms. The molecule has 0 spiro atoms. The van der Waals surface area contributed by atoms with Crippen LogP contribution < -0.4 is 5.32 Å². The number of halogens is 4. The Morgan fingerprint density at radius 1 is 1.00 bits per heavy atom. The Labute approximate surface area is 219 Å². The fraction of sp³-hybridized carbons (Fsp3) is 0.333. The van der Waals surface area contributed by atoms with Crippen LogP contribution in [0.25, 0.3) is 0 Å². The highest BCUT2D eigenvalue weighted by atomic mass is 35.5. The van der Waals surface area contributed by atoms with Gasteiger partial charge in [0.1, 0.15) is 5.82 Å². The molecule has 1 aromatic heterocycles. The third-order valence-electron chi connectivity index (χ3n) is 6.03. The van der Waals surface area contributed by atoms with Crippen molar-refractivity contribution in [2.24, 2.45) is 0 Å². The second-order valence-electron chi connectivity index (χ2n) is 8.35. The van der Waals surface area contributed by atoms with Crippen LogP contribution in [0.2, 0.25) is 15.1 Å². The summed E-state index contributed by atoms with van der Waals surface area (Å²) in [5, 5.41) is 10.1. The molecule has 1 aliphatic rings. The molecule has 0 atom stereocenters. The van der Waals surface area contributed by atoms with Gasteiger partial charge in [0, 0.05) is 43.3 Å². The molecule has 10 heteroatoms. The summed E-state index contributed by atoms with van der Waals surface area (Å²) in [6, 6.07) is 10.4. The van der Waals surface area contributed by atoms with E-state index in [4.69, 9.17) is 47.0 Å². The summed E-state index contributed by atoms with van der Waals surface area (Å²) >= 11 is 24.1. The fourth-order valence-corrected chi connectivity index (χ4v) is 4.88. The summed E-state index contributed by atoms with van der Waals surface area (Å²) in [6.45, 7) is 8.29. The number of nitrogens with one attached hydrogen (secondary N) is 1. The van der Waals surface area contributed by atoms with Gasteiger partial charge in [-0.1, -0.05) is 46.9 Å². The van der Waals surface area contributed by atoms with Crippen LogP contribution >= 0.6 is 47.0 Å². The van der Waals surface area contributed by atoms with Crippen LogP contribution in [-0.2, 0) is 13.1 Å². The predicted octanol–water partition coefficient (Wildman–Crippen LogP) is 6.16. The third-order valence-corrected chi connectivity index (χ3v) is 7.49. The van der Waals surface area contributed by atoms with Crippen molar-refractivity contribution in [2.45, 2.75) is 26.9 Å². The maximum absolute atomic E-state index is 14.2. The number of piperazine rings is 1. The summed E-state index contributed by atoms with van der Waals surface area (Å²) < 4.78 is 16.0. The van der Waals surface area contributed by atoms with Crippen molar-refractivity contribution in [1.82, 2.24) is 19.6 Å². The maximum Gasteiger partial charge on any atom is 0.173 e. The normalized spacial score (nSPS) is 14.5.